The van der Waals surface area contributed by atoms with Crippen LogP contribution in [0.5, 0.6) is 5.75 Å². The Kier molecular flexibility index (Phi) is 4.37. The van der Waals surface area contributed by atoms with Gasteiger partial charge in [0.05, 0.1) is 13.2 Å². The van der Waals surface area contributed by atoms with Crippen molar-refractivity contribution in [2.24, 2.45) is 0 Å². The van der Waals surface area contributed by atoms with E-state index in [0.29, 0.717) is 19.0 Å². The number of ether oxygens (including phenoxy) is 1. The van der Waals surface area contributed by atoms with Gasteiger partial charge in [-0.25, -0.2) is 15.0 Å². The molecule has 5 rings (SSSR count). The van der Waals surface area contributed by atoms with Crippen LogP contribution in [0.2, 0.25) is 0 Å². The van der Waals surface area contributed by atoms with Gasteiger partial charge in [0.15, 0.2) is 22.8 Å². The van der Waals surface area contributed by atoms with Gasteiger partial charge in [0.1, 0.15) is 12.1 Å². The summed E-state index contributed by atoms with van der Waals surface area (Å²) >= 11 is 0. The highest BCUT2D eigenvalue weighted by Gasteiger charge is 2.21. The molecule has 1 fully saturated rings. The van der Waals surface area contributed by atoms with Crippen LogP contribution in [-0.4, -0.2) is 50.9 Å². The van der Waals surface area contributed by atoms with Crippen molar-refractivity contribution in [2.45, 2.75) is 6.92 Å². The Labute approximate surface area is 168 Å². The summed E-state index contributed by atoms with van der Waals surface area (Å²) in [6.07, 6.45) is 1.80. The van der Waals surface area contributed by atoms with Gasteiger partial charge in [-0.15, -0.1) is 0 Å². The maximum Gasteiger partial charge on any atom is 0.170 e. The number of fused-ring (bicyclic) bond motifs is 1. The Hall–Kier alpha value is -3.45. The zero-order valence-electron chi connectivity index (χ0n) is 16.1. The molecule has 3 heterocycles. The second-order valence-corrected chi connectivity index (χ2v) is 7.14. The van der Waals surface area contributed by atoms with E-state index in [-0.39, 0.29) is 5.75 Å². The average Bonchev–Trinajstić information content (AvgIpc) is 3.19. The first-order chi connectivity index (χ1) is 14.2. The van der Waals surface area contributed by atoms with Gasteiger partial charge in [-0.1, -0.05) is 17.7 Å². The number of morpholine rings is 1. The second kappa shape index (κ2) is 7.18. The van der Waals surface area contributed by atoms with Crippen LogP contribution in [0.25, 0.3) is 28.2 Å². The normalized spacial score (nSPS) is 14.4. The van der Waals surface area contributed by atoms with Gasteiger partial charge in [-0.3, -0.25) is 4.57 Å². The van der Waals surface area contributed by atoms with Gasteiger partial charge in [0.2, 0.25) is 0 Å². The van der Waals surface area contributed by atoms with Crippen molar-refractivity contribution in [1.82, 2.24) is 19.5 Å². The molecule has 7 heteroatoms. The smallest absolute Gasteiger partial charge is 0.170 e. The number of benzene rings is 2. The molecule has 4 aromatic rings. The maximum atomic E-state index is 9.64. The molecule has 146 valence electrons. The lowest BCUT2D eigenvalue weighted by Gasteiger charge is -2.28. The van der Waals surface area contributed by atoms with Crippen LogP contribution < -0.4 is 4.90 Å². The molecule has 2 aromatic heterocycles. The van der Waals surface area contributed by atoms with E-state index in [1.807, 2.05) is 16.7 Å². The Morgan fingerprint density at radius 3 is 2.38 bits per heavy atom. The first-order valence-corrected chi connectivity index (χ1v) is 9.63. The van der Waals surface area contributed by atoms with Crippen molar-refractivity contribution >= 4 is 17.0 Å². The van der Waals surface area contributed by atoms with Gasteiger partial charge >= 0.3 is 0 Å². The third kappa shape index (κ3) is 3.30. The molecule has 1 saturated heterocycles. The first kappa shape index (κ1) is 17.6. The number of aromatic nitrogens is 4. The average molecular weight is 387 g/mol. The molecule has 1 N–H and O–H groups in total. The van der Waals surface area contributed by atoms with Gasteiger partial charge in [0, 0.05) is 24.3 Å². The number of phenols is 1. The monoisotopic (exact) mass is 387 g/mol. The van der Waals surface area contributed by atoms with E-state index >= 15 is 0 Å². The van der Waals surface area contributed by atoms with Crippen LogP contribution in [0.15, 0.2) is 54.9 Å². The summed E-state index contributed by atoms with van der Waals surface area (Å²) in [6, 6.07) is 15.2. The van der Waals surface area contributed by atoms with Gasteiger partial charge in [-0.2, -0.15) is 0 Å². The summed E-state index contributed by atoms with van der Waals surface area (Å²) in [4.78, 5) is 16.5. The summed E-state index contributed by atoms with van der Waals surface area (Å²) in [5.41, 5.74) is 4.58. The molecule has 1 aliphatic heterocycles. The minimum Gasteiger partial charge on any atom is -0.508 e. The van der Waals surface area contributed by atoms with E-state index < -0.39 is 0 Å². The standard InChI is InChI=1S/C22H21N5O2/c1-15-2-6-17(7-3-15)27-14-23-19-21(26-10-12-29-13-11-26)24-20(25-22(19)27)16-4-8-18(28)9-5-16/h2-9,14,28H,10-13H2,1H3. The second-order valence-electron chi connectivity index (χ2n) is 7.14. The molecule has 0 amide bonds. The van der Waals surface area contributed by atoms with Crippen LogP contribution in [0, 0.1) is 6.92 Å². The SMILES string of the molecule is Cc1ccc(-n2cnc3c(N4CCOCC4)nc(-c4ccc(O)cc4)nc32)cc1. The molecule has 1 aliphatic rings. The summed E-state index contributed by atoms with van der Waals surface area (Å²) in [5, 5.41) is 9.64. The van der Waals surface area contributed by atoms with Crippen molar-refractivity contribution in [3.63, 3.8) is 0 Å². The Bertz CT molecular complexity index is 1150. The van der Waals surface area contributed by atoms with E-state index in [9.17, 15) is 5.11 Å². The highest BCUT2D eigenvalue weighted by molar-refractivity contribution is 5.87. The van der Waals surface area contributed by atoms with Crippen LogP contribution in [0.3, 0.4) is 0 Å². The van der Waals surface area contributed by atoms with Crippen LogP contribution in [0.4, 0.5) is 5.82 Å². The minimum absolute atomic E-state index is 0.216. The number of rotatable bonds is 3. The van der Waals surface area contributed by atoms with E-state index in [1.165, 1.54) is 5.56 Å². The molecule has 0 atom stereocenters. The molecule has 0 spiro atoms. The molecule has 0 saturated carbocycles. The zero-order chi connectivity index (χ0) is 19.8. The first-order valence-electron chi connectivity index (χ1n) is 9.63. The third-order valence-corrected chi connectivity index (χ3v) is 5.13. The Morgan fingerprint density at radius 1 is 0.931 bits per heavy atom. The summed E-state index contributed by atoms with van der Waals surface area (Å²) in [6.45, 7) is 4.92. The van der Waals surface area contributed by atoms with Crippen molar-refractivity contribution < 1.29 is 9.84 Å². The lowest BCUT2D eigenvalue weighted by atomic mass is 10.2. The van der Waals surface area contributed by atoms with E-state index in [0.717, 1.165) is 41.3 Å². The van der Waals surface area contributed by atoms with Gasteiger partial charge in [-0.05, 0) is 43.3 Å². The number of hydrogen-bond donors (Lipinski definition) is 1. The zero-order valence-corrected chi connectivity index (χ0v) is 16.1. The lowest BCUT2D eigenvalue weighted by Crippen LogP contribution is -2.37. The number of imidazole rings is 1. The number of nitrogens with zero attached hydrogens (tertiary/aromatic N) is 5. The van der Waals surface area contributed by atoms with Crippen molar-refractivity contribution in [1.29, 1.82) is 0 Å². The third-order valence-electron chi connectivity index (χ3n) is 5.13. The largest absolute Gasteiger partial charge is 0.508 e. The fourth-order valence-electron chi connectivity index (χ4n) is 3.51. The van der Waals surface area contributed by atoms with E-state index in [1.54, 1.807) is 18.5 Å². The van der Waals surface area contributed by atoms with Crippen molar-refractivity contribution in [3.05, 3.63) is 60.4 Å². The summed E-state index contributed by atoms with van der Waals surface area (Å²) in [5.74, 6) is 1.63. The molecule has 0 unspecified atom stereocenters. The molecule has 7 nitrogen and oxygen atoms in total. The number of phenolic OH excluding ortho intramolecular Hbond substituents is 1. The molecular weight excluding hydrogens is 366 g/mol. The van der Waals surface area contributed by atoms with E-state index in [4.69, 9.17) is 14.7 Å². The summed E-state index contributed by atoms with van der Waals surface area (Å²) < 4.78 is 7.50. The topological polar surface area (TPSA) is 76.3 Å². The van der Waals surface area contributed by atoms with Crippen LogP contribution in [-0.2, 0) is 4.74 Å². The molecule has 0 aliphatic carbocycles. The quantitative estimate of drug-likeness (QED) is 0.581. The van der Waals surface area contributed by atoms with Crippen molar-refractivity contribution in [3.8, 4) is 22.8 Å². The number of aromatic hydroxyl groups is 1. The fourth-order valence-corrected chi connectivity index (χ4v) is 3.51. The fraction of sp³-hybridized carbons (Fsp3) is 0.227. The number of hydrogen-bond acceptors (Lipinski definition) is 6. The molecule has 0 bridgehead atoms. The van der Waals surface area contributed by atoms with Crippen LogP contribution >= 0.6 is 0 Å². The van der Waals surface area contributed by atoms with Crippen molar-refractivity contribution in [2.75, 3.05) is 31.2 Å². The van der Waals surface area contributed by atoms with Gasteiger partial charge < -0.3 is 14.7 Å². The molecular formula is C22H21N5O2. The highest BCUT2D eigenvalue weighted by Crippen LogP contribution is 2.29. The van der Waals surface area contributed by atoms with Crippen LogP contribution in [0.1, 0.15) is 5.56 Å². The lowest BCUT2D eigenvalue weighted by molar-refractivity contribution is 0.122. The molecule has 2 aromatic carbocycles. The minimum atomic E-state index is 0.216. The highest BCUT2D eigenvalue weighted by atomic mass is 16.5. The Balaban J connectivity index is 1.71. The molecule has 29 heavy (non-hydrogen) atoms. The molecule has 0 radical (unpaired) electrons. The van der Waals surface area contributed by atoms with Gasteiger partial charge in [0.25, 0.3) is 0 Å². The number of anilines is 1. The van der Waals surface area contributed by atoms with E-state index in [2.05, 4.69) is 41.1 Å². The number of aryl methyl sites for hydroxylation is 1. The predicted molar refractivity (Wildman–Crippen MR) is 112 cm³/mol. The Morgan fingerprint density at radius 2 is 1.66 bits per heavy atom. The summed E-state index contributed by atoms with van der Waals surface area (Å²) in [7, 11) is 0. The maximum absolute atomic E-state index is 9.64. The predicted octanol–water partition coefficient (Wildman–Crippen LogP) is 3.33.